The molecule has 2 aromatic rings. The third kappa shape index (κ3) is 2.90. The highest BCUT2D eigenvalue weighted by Gasteiger charge is 2.16. The molecule has 100 valence electrons. The Hall–Kier alpha value is -2.37. The second kappa shape index (κ2) is 5.51. The maximum Gasteiger partial charge on any atom is 0.273 e. The zero-order valence-corrected chi connectivity index (χ0v) is 11.1. The second-order valence-electron chi connectivity index (χ2n) is 4.30. The van der Waals surface area contributed by atoms with Crippen LogP contribution in [0.5, 0.6) is 5.75 Å². The predicted molar refractivity (Wildman–Crippen MR) is 70.0 cm³/mol. The van der Waals surface area contributed by atoms with Gasteiger partial charge in [0.2, 0.25) is 0 Å². The first-order chi connectivity index (χ1) is 9.11. The molecule has 1 amide bonds. The smallest absolute Gasteiger partial charge is 0.273 e. The molecule has 2 rings (SSSR count). The highest BCUT2D eigenvalue weighted by Crippen LogP contribution is 2.26. The van der Waals surface area contributed by atoms with Crippen LogP contribution in [0.3, 0.4) is 0 Å². The number of nitrogens with zero attached hydrogens (tertiary/aromatic N) is 2. The number of aromatic amines is 1. The number of ether oxygens (including phenoxy) is 1. The molecule has 0 saturated carbocycles. The molecule has 1 heterocycles. The van der Waals surface area contributed by atoms with Crippen molar-refractivity contribution in [2.75, 3.05) is 7.11 Å². The maximum atomic E-state index is 11.9. The number of amides is 1. The van der Waals surface area contributed by atoms with Crippen molar-refractivity contribution in [3.63, 3.8) is 0 Å². The Labute approximate surface area is 111 Å². The van der Waals surface area contributed by atoms with E-state index < -0.39 is 0 Å². The minimum absolute atomic E-state index is 0.181. The lowest BCUT2D eigenvalue weighted by Gasteiger charge is -2.17. The summed E-state index contributed by atoms with van der Waals surface area (Å²) in [7, 11) is 1.61. The third-order valence-electron chi connectivity index (χ3n) is 2.85. The van der Waals surface area contributed by atoms with Crippen molar-refractivity contribution >= 4 is 5.91 Å². The van der Waals surface area contributed by atoms with Gasteiger partial charge in [-0.15, -0.1) is 0 Å². The quantitative estimate of drug-likeness (QED) is 0.875. The number of benzene rings is 1. The normalized spacial score (nSPS) is 11.9. The Morgan fingerprint density at radius 2 is 2.26 bits per heavy atom. The molecule has 0 aliphatic rings. The van der Waals surface area contributed by atoms with E-state index in [-0.39, 0.29) is 17.6 Å². The zero-order valence-electron chi connectivity index (χ0n) is 11.1. The molecule has 1 unspecified atom stereocenters. The van der Waals surface area contributed by atoms with Crippen LogP contribution in [-0.4, -0.2) is 28.4 Å². The Balaban J connectivity index is 2.18. The fourth-order valence-corrected chi connectivity index (χ4v) is 1.85. The first-order valence-electron chi connectivity index (χ1n) is 5.93. The van der Waals surface area contributed by atoms with Crippen molar-refractivity contribution in [3.05, 3.63) is 41.2 Å². The molecule has 0 fully saturated rings. The lowest BCUT2D eigenvalue weighted by Crippen LogP contribution is -2.27. The van der Waals surface area contributed by atoms with E-state index >= 15 is 0 Å². The van der Waals surface area contributed by atoms with Gasteiger partial charge in [0.15, 0.2) is 5.69 Å². The summed E-state index contributed by atoms with van der Waals surface area (Å²) < 4.78 is 5.31. The van der Waals surface area contributed by atoms with Gasteiger partial charge in [0, 0.05) is 5.56 Å². The molecule has 2 N–H and O–H groups in total. The van der Waals surface area contributed by atoms with Gasteiger partial charge in [-0.2, -0.15) is 15.4 Å². The topological polar surface area (TPSA) is 79.9 Å². The molecular formula is C13H16N4O2. The summed E-state index contributed by atoms with van der Waals surface area (Å²) in [6, 6.07) is 5.67. The van der Waals surface area contributed by atoms with E-state index in [0.29, 0.717) is 0 Å². The number of aryl methyl sites for hydroxylation is 1. The molecule has 1 aromatic heterocycles. The Bertz CT molecular complexity index is 566. The summed E-state index contributed by atoms with van der Waals surface area (Å²) in [6.07, 6.45) is 1.38. The highest BCUT2D eigenvalue weighted by molar-refractivity contribution is 5.92. The fourth-order valence-electron chi connectivity index (χ4n) is 1.85. The van der Waals surface area contributed by atoms with Gasteiger partial charge in [-0.25, -0.2) is 0 Å². The number of hydrogen-bond acceptors (Lipinski definition) is 4. The Morgan fingerprint density at radius 1 is 1.47 bits per heavy atom. The van der Waals surface area contributed by atoms with Crippen molar-refractivity contribution in [1.29, 1.82) is 0 Å². The van der Waals surface area contributed by atoms with Crippen LogP contribution in [0.2, 0.25) is 0 Å². The number of nitrogens with one attached hydrogen (secondary N) is 2. The van der Waals surface area contributed by atoms with Crippen molar-refractivity contribution in [1.82, 2.24) is 20.7 Å². The summed E-state index contributed by atoms with van der Waals surface area (Å²) in [6.45, 7) is 3.89. The summed E-state index contributed by atoms with van der Waals surface area (Å²) in [5.41, 5.74) is 2.30. The minimum atomic E-state index is -0.273. The molecule has 0 radical (unpaired) electrons. The monoisotopic (exact) mass is 260 g/mol. The molecule has 0 bridgehead atoms. The van der Waals surface area contributed by atoms with Crippen LogP contribution in [0.4, 0.5) is 0 Å². The van der Waals surface area contributed by atoms with Crippen molar-refractivity contribution in [3.8, 4) is 5.75 Å². The number of methoxy groups -OCH3 is 1. The van der Waals surface area contributed by atoms with Crippen molar-refractivity contribution in [2.24, 2.45) is 0 Å². The van der Waals surface area contributed by atoms with Gasteiger partial charge in [0.25, 0.3) is 5.91 Å². The standard InChI is InChI=1S/C13H16N4O2/c1-8-4-5-12(19-3)10(6-8)9(2)15-13(18)11-7-14-17-16-11/h4-7,9H,1-3H3,(H,15,18)(H,14,16,17). The molecule has 0 aliphatic heterocycles. The van der Waals surface area contributed by atoms with Gasteiger partial charge in [-0.1, -0.05) is 17.7 Å². The summed E-state index contributed by atoms with van der Waals surface area (Å²) >= 11 is 0. The van der Waals surface area contributed by atoms with Crippen LogP contribution in [0.1, 0.15) is 34.6 Å². The molecule has 1 aromatic carbocycles. The van der Waals surface area contributed by atoms with Gasteiger partial charge >= 0.3 is 0 Å². The van der Waals surface area contributed by atoms with Crippen molar-refractivity contribution in [2.45, 2.75) is 19.9 Å². The average molecular weight is 260 g/mol. The van der Waals surface area contributed by atoms with Crippen LogP contribution in [0.25, 0.3) is 0 Å². The maximum absolute atomic E-state index is 11.9. The van der Waals surface area contributed by atoms with Gasteiger partial charge in [0.05, 0.1) is 19.3 Å². The van der Waals surface area contributed by atoms with Crippen LogP contribution in [-0.2, 0) is 0 Å². The van der Waals surface area contributed by atoms with Crippen LogP contribution >= 0.6 is 0 Å². The fraction of sp³-hybridized carbons (Fsp3) is 0.308. The molecule has 19 heavy (non-hydrogen) atoms. The lowest BCUT2D eigenvalue weighted by molar-refractivity contribution is 0.0934. The van der Waals surface area contributed by atoms with E-state index in [1.165, 1.54) is 6.20 Å². The number of aromatic nitrogens is 3. The summed E-state index contributed by atoms with van der Waals surface area (Å²) in [5.74, 6) is 0.475. The Morgan fingerprint density at radius 3 is 2.89 bits per heavy atom. The molecule has 1 atom stereocenters. The number of rotatable bonds is 4. The molecule has 6 nitrogen and oxygen atoms in total. The van der Waals surface area contributed by atoms with Gasteiger partial charge in [-0.3, -0.25) is 4.79 Å². The predicted octanol–water partition coefficient (Wildman–Crippen LogP) is 1.61. The number of H-pyrrole nitrogens is 1. The van der Waals surface area contributed by atoms with Gasteiger partial charge < -0.3 is 10.1 Å². The first-order valence-corrected chi connectivity index (χ1v) is 5.93. The third-order valence-corrected chi connectivity index (χ3v) is 2.85. The lowest BCUT2D eigenvalue weighted by atomic mass is 10.0. The molecule has 6 heteroatoms. The van der Waals surface area contributed by atoms with Gasteiger partial charge in [0.1, 0.15) is 5.75 Å². The number of hydrogen-bond donors (Lipinski definition) is 2. The number of carbonyl (C=O) groups excluding carboxylic acids is 1. The van der Waals surface area contributed by atoms with E-state index in [4.69, 9.17) is 4.74 Å². The molecule has 0 aliphatic carbocycles. The first kappa shape index (κ1) is 13.1. The summed E-state index contributed by atoms with van der Waals surface area (Å²) in [4.78, 5) is 11.9. The zero-order chi connectivity index (χ0) is 13.8. The highest BCUT2D eigenvalue weighted by atomic mass is 16.5. The Kier molecular flexibility index (Phi) is 3.79. The second-order valence-corrected chi connectivity index (χ2v) is 4.30. The van der Waals surface area contributed by atoms with E-state index in [1.54, 1.807) is 7.11 Å². The molecule has 0 spiro atoms. The van der Waals surface area contributed by atoms with E-state index in [0.717, 1.165) is 16.9 Å². The van der Waals surface area contributed by atoms with E-state index in [1.807, 2.05) is 32.0 Å². The van der Waals surface area contributed by atoms with Crippen LogP contribution < -0.4 is 10.1 Å². The van der Waals surface area contributed by atoms with Crippen molar-refractivity contribution < 1.29 is 9.53 Å². The molecular weight excluding hydrogens is 244 g/mol. The summed E-state index contributed by atoms with van der Waals surface area (Å²) in [5, 5.41) is 12.6. The number of carbonyl (C=O) groups is 1. The van der Waals surface area contributed by atoms with E-state index in [2.05, 4.69) is 20.7 Å². The minimum Gasteiger partial charge on any atom is -0.496 e. The van der Waals surface area contributed by atoms with Crippen LogP contribution in [0.15, 0.2) is 24.4 Å². The SMILES string of the molecule is COc1ccc(C)cc1C(C)NC(=O)c1cn[nH]n1. The van der Waals surface area contributed by atoms with Crippen LogP contribution in [0, 0.1) is 6.92 Å². The molecule has 0 saturated heterocycles. The van der Waals surface area contributed by atoms with E-state index in [9.17, 15) is 4.79 Å². The van der Waals surface area contributed by atoms with Gasteiger partial charge in [-0.05, 0) is 19.9 Å². The largest absolute Gasteiger partial charge is 0.496 e. The average Bonchev–Trinajstić information content (AvgIpc) is 2.92.